The van der Waals surface area contributed by atoms with Gasteiger partial charge in [-0.3, -0.25) is 0 Å². The van der Waals surface area contributed by atoms with E-state index in [1.807, 2.05) is 31.2 Å². The highest BCUT2D eigenvalue weighted by atomic mass is 16.5. The van der Waals surface area contributed by atoms with Gasteiger partial charge in [0.05, 0.1) is 12.3 Å². The van der Waals surface area contributed by atoms with E-state index in [-0.39, 0.29) is 0 Å². The second-order valence-corrected chi connectivity index (χ2v) is 5.22. The third-order valence-corrected chi connectivity index (χ3v) is 3.23. The molecule has 2 N–H and O–H groups in total. The molecular weight excluding hydrogens is 252 g/mol. The summed E-state index contributed by atoms with van der Waals surface area (Å²) in [6, 6.07) is 11.3. The Morgan fingerprint density at radius 2 is 2.10 bits per heavy atom. The lowest BCUT2D eigenvalue weighted by molar-refractivity contribution is 0.286. The highest BCUT2D eigenvalue weighted by Gasteiger charge is 2.22. The van der Waals surface area contributed by atoms with Gasteiger partial charge in [0.15, 0.2) is 0 Å². The van der Waals surface area contributed by atoms with E-state index in [1.54, 1.807) is 12.1 Å². The number of rotatable bonds is 5. The lowest BCUT2D eigenvalue weighted by atomic mass is 10.2. The summed E-state index contributed by atoms with van der Waals surface area (Å²) in [5.74, 6) is 2.38. The smallest absolute Gasteiger partial charge is 0.240 e. The first-order chi connectivity index (χ1) is 9.70. The van der Waals surface area contributed by atoms with Crippen LogP contribution in [0.5, 0.6) is 17.5 Å². The first-order valence-electron chi connectivity index (χ1n) is 6.84. The van der Waals surface area contributed by atoms with Crippen molar-refractivity contribution in [2.45, 2.75) is 19.8 Å². The largest absolute Gasteiger partial charge is 0.476 e. The summed E-state index contributed by atoms with van der Waals surface area (Å²) in [7, 11) is 0. The molecule has 20 heavy (non-hydrogen) atoms. The Kier molecular flexibility index (Phi) is 3.46. The van der Waals surface area contributed by atoms with Crippen molar-refractivity contribution in [2.24, 2.45) is 5.92 Å². The van der Waals surface area contributed by atoms with E-state index >= 15 is 0 Å². The van der Waals surface area contributed by atoms with Crippen LogP contribution in [0.1, 0.15) is 18.4 Å². The standard InChI is InChI=1S/C16H18N2O2/c1-11-3-2-4-13(9-11)20-15-8-7-14(17)16(18-15)19-10-12-5-6-12/h2-4,7-9,12H,5-6,10,17H2,1H3. The highest BCUT2D eigenvalue weighted by molar-refractivity contribution is 5.49. The summed E-state index contributed by atoms with van der Waals surface area (Å²) < 4.78 is 11.4. The van der Waals surface area contributed by atoms with Crippen molar-refractivity contribution in [1.82, 2.24) is 4.98 Å². The third-order valence-electron chi connectivity index (χ3n) is 3.23. The van der Waals surface area contributed by atoms with E-state index in [0.717, 1.165) is 11.3 Å². The number of nitrogens with two attached hydrogens (primary N) is 1. The fraction of sp³-hybridized carbons (Fsp3) is 0.312. The van der Waals surface area contributed by atoms with Crippen molar-refractivity contribution >= 4 is 5.69 Å². The number of nitrogens with zero attached hydrogens (tertiary/aromatic N) is 1. The molecule has 104 valence electrons. The van der Waals surface area contributed by atoms with E-state index in [0.29, 0.717) is 30.0 Å². The number of hydrogen-bond donors (Lipinski definition) is 1. The Hall–Kier alpha value is -2.23. The molecule has 1 aromatic carbocycles. The predicted octanol–water partition coefficient (Wildman–Crippen LogP) is 3.55. The topological polar surface area (TPSA) is 57.4 Å². The molecule has 0 radical (unpaired) electrons. The number of anilines is 1. The molecule has 0 spiro atoms. The van der Waals surface area contributed by atoms with Crippen molar-refractivity contribution < 1.29 is 9.47 Å². The molecule has 1 aromatic heterocycles. The van der Waals surface area contributed by atoms with Crippen molar-refractivity contribution in [3.8, 4) is 17.5 Å². The van der Waals surface area contributed by atoms with Gasteiger partial charge in [0, 0.05) is 6.07 Å². The first-order valence-corrected chi connectivity index (χ1v) is 6.84. The maximum Gasteiger partial charge on any atom is 0.240 e. The summed E-state index contributed by atoms with van der Waals surface area (Å²) in [5, 5.41) is 0. The van der Waals surface area contributed by atoms with Crippen LogP contribution in [0.2, 0.25) is 0 Å². The number of benzene rings is 1. The zero-order valence-electron chi connectivity index (χ0n) is 11.5. The molecule has 1 aliphatic carbocycles. The summed E-state index contributed by atoms with van der Waals surface area (Å²) >= 11 is 0. The first kappa shape index (κ1) is 12.8. The van der Waals surface area contributed by atoms with Gasteiger partial charge in [-0.05, 0) is 49.4 Å². The molecule has 0 amide bonds. The van der Waals surface area contributed by atoms with Crippen LogP contribution in [0.3, 0.4) is 0 Å². The second-order valence-electron chi connectivity index (χ2n) is 5.22. The summed E-state index contributed by atoms with van der Waals surface area (Å²) in [6.45, 7) is 2.71. The summed E-state index contributed by atoms with van der Waals surface area (Å²) in [5.41, 5.74) is 7.56. The molecular formula is C16H18N2O2. The summed E-state index contributed by atoms with van der Waals surface area (Å²) in [6.07, 6.45) is 2.47. The van der Waals surface area contributed by atoms with Gasteiger partial charge in [0.2, 0.25) is 11.8 Å². The summed E-state index contributed by atoms with van der Waals surface area (Å²) in [4.78, 5) is 4.33. The number of aryl methyl sites for hydroxylation is 1. The number of pyridine rings is 1. The molecule has 0 bridgehead atoms. The minimum atomic E-state index is 0.460. The molecule has 0 atom stereocenters. The normalized spacial score (nSPS) is 14.1. The Morgan fingerprint density at radius 1 is 1.25 bits per heavy atom. The Balaban J connectivity index is 1.73. The van der Waals surface area contributed by atoms with Crippen molar-refractivity contribution in [3.05, 3.63) is 42.0 Å². The number of aromatic nitrogens is 1. The number of nitrogen functional groups attached to an aromatic ring is 1. The van der Waals surface area contributed by atoms with Gasteiger partial charge >= 0.3 is 0 Å². The molecule has 0 aliphatic heterocycles. The minimum Gasteiger partial charge on any atom is -0.476 e. The zero-order chi connectivity index (χ0) is 13.9. The van der Waals surface area contributed by atoms with Crippen LogP contribution in [-0.4, -0.2) is 11.6 Å². The van der Waals surface area contributed by atoms with E-state index < -0.39 is 0 Å². The Bertz CT molecular complexity index is 609. The van der Waals surface area contributed by atoms with Gasteiger partial charge in [-0.2, -0.15) is 4.98 Å². The molecule has 4 nitrogen and oxygen atoms in total. The number of ether oxygens (including phenoxy) is 2. The highest BCUT2D eigenvalue weighted by Crippen LogP contribution is 2.31. The fourth-order valence-electron chi connectivity index (χ4n) is 1.89. The van der Waals surface area contributed by atoms with Crippen molar-refractivity contribution in [3.63, 3.8) is 0 Å². The van der Waals surface area contributed by atoms with Gasteiger partial charge in [0.25, 0.3) is 0 Å². The van der Waals surface area contributed by atoms with E-state index in [2.05, 4.69) is 4.98 Å². The van der Waals surface area contributed by atoms with Crippen LogP contribution in [0, 0.1) is 12.8 Å². The SMILES string of the molecule is Cc1cccc(Oc2ccc(N)c(OCC3CC3)n2)c1. The van der Waals surface area contributed by atoms with Gasteiger partial charge < -0.3 is 15.2 Å². The maximum absolute atomic E-state index is 5.87. The van der Waals surface area contributed by atoms with E-state index in [4.69, 9.17) is 15.2 Å². The molecule has 0 unspecified atom stereocenters. The molecule has 1 heterocycles. The zero-order valence-corrected chi connectivity index (χ0v) is 11.5. The monoisotopic (exact) mass is 270 g/mol. The lowest BCUT2D eigenvalue weighted by Gasteiger charge is -2.10. The van der Waals surface area contributed by atoms with Crippen molar-refractivity contribution in [2.75, 3.05) is 12.3 Å². The van der Waals surface area contributed by atoms with Crippen LogP contribution < -0.4 is 15.2 Å². The molecule has 1 fully saturated rings. The molecule has 2 aromatic rings. The Morgan fingerprint density at radius 3 is 2.85 bits per heavy atom. The van der Waals surface area contributed by atoms with Crippen molar-refractivity contribution in [1.29, 1.82) is 0 Å². The molecule has 1 aliphatic rings. The van der Waals surface area contributed by atoms with Crippen LogP contribution in [0.15, 0.2) is 36.4 Å². The third kappa shape index (κ3) is 3.20. The van der Waals surface area contributed by atoms with E-state index in [1.165, 1.54) is 12.8 Å². The minimum absolute atomic E-state index is 0.460. The number of hydrogen-bond acceptors (Lipinski definition) is 4. The fourth-order valence-corrected chi connectivity index (χ4v) is 1.89. The Labute approximate surface area is 118 Å². The van der Waals surface area contributed by atoms with Gasteiger partial charge in [-0.25, -0.2) is 0 Å². The average molecular weight is 270 g/mol. The lowest BCUT2D eigenvalue weighted by Crippen LogP contribution is -2.04. The van der Waals surface area contributed by atoms with E-state index in [9.17, 15) is 0 Å². The second kappa shape index (κ2) is 5.41. The van der Waals surface area contributed by atoms with Gasteiger partial charge in [0.1, 0.15) is 5.75 Å². The van der Waals surface area contributed by atoms with Crippen LogP contribution in [0.4, 0.5) is 5.69 Å². The molecule has 3 rings (SSSR count). The van der Waals surface area contributed by atoms with Crippen LogP contribution in [-0.2, 0) is 0 Å². The quantitative estimate of drug-likeness (QED) is 0.902. The van der Waals surface area contributed by atoms with Crippen LogP contribution >= 0.6 is 0 Å². The molecule has 4 heteroatoms. The van der Waals surface area contributed by atoms with Gasteiger partial charge in [-0.15, -0.1) is 0 Å². The van der Waals surface area contributed by atoms with Gasteiger partial charge in [-0.1, -0.05) is 12.1 Å². The molecule has 1 saturated carbocycles. The average Bonchev–Trinajstić information content (AvgIpc) is 3.23. The maximum atomic E-state index is 5.87. The predicted molar refractivity (Wildman–Crippen MR) is 78.1 cm³/mol. The van der Waals surface area contributed by atoms with Crippen LogP contribution in [0.25, 0.3) is 0 Å². The molecule has 0 saturated heterocycles.